The molecule has 2 nitrogen and oxygen atoms in total. The van der Waals surface area contributed by atoms with Gasteiger partial charge in [0, 0.05) is 33.2 Å². The van der Waals surface area contributed by atoms with E-state index in [-0.39, 0.29) is 5.41 Å². The molecule has 10 rings (SSSR count). The van der Waals surface area contributed by atoms with Gasteiger partial charge in [-0.05, 0) is 104 Å². The Morgan fingerprint density at radius 3 is 1.50 bits per heavy atom. The van der Waals surface area contributed by atoms with Gasteiger partial charge < -0.3 is 9.47 Å². The van der Waals surface area contributed by atoms with Crippen LogP contribution in [0.4, 0.5) is 17.1 Å². The number of nitrogens with zero attached hydrogens (tertiary/aromatic N) is 2. The third kappa shape index (κ3) is 4.85. The van der Waals surface area contributed by atoms with Crippen LogP contribution in [0.2, 0.25) is 0 Å². The van der Waals surface area contributed by atoms with Gasteiger partial charge in [-0.1, -0.05) is 135 Å². The average molecular weight is 685 g/mol. The molecule has 0 aliphatic carbocycles. The Balaban J connectivity index is 1.05. The molecule has 52 heavy (non-hydrogen) atoms. The highest BCUT2D eigenvalue weighted by molar-refractivity contribution is 7.12. The predicted octanol–water partition coefficient (Wildman–Crippen LogP) is 14.0. The molecule has 0 saturated carbocycles. The van der Waals surface area contributed by atoms with Crippen molar-refractivity contribution < 1.29 is 0 Å². The third-order valence-corrected chi connectivity index (χ3v) is 11.8. The van der Waals surface area contributed by atoms with Gasteiger partial charge in [-0.25, -0.2) is 0 Å². The lowest BCUT2D eigenvalue weighted by atomic mass is 9.76. The third-order valence-electron chi connectivity index (χ3n) is 10.9. The number of para-hydroxylation sites is 1. The zero-order chi connectivity index (χ0) is 34.8. The average Bonchev–Trinajstić information content (AvgIpc) is 3.83. The quantitative estimate of drug-likeness (QED) is 0.169. The molecule has 0 N–H and O–H groups in total. The zero-order valence-corrected chi connectivity index (χ0v) is 29.9. The second-order valence-corrected chi connectivity index (χ2v) is 15.1. The van der Waals surface area contributed by atoms with Crippen molar-refractivity contribution in [1.82, 2.24) is 4.57 Å². The summed E-state index contributed by atoms with van der Waals surface area (Å²) in [7, 11) is 0. The summed E-state index contributed by atoms with van der Waals surface area (Å²) in [5, 5.41) is 6.20. The summed E-state index contributed by atoms with van der Waals surface area (Å²) in [6, 6.07) is 64.1. The molecule has 0 saturated heterocycles. The van der Waals surface area contributed by atoms with E-state index in [0.29, 0.717) is 0 Å². The topological polar surface area (TPSA) is 8.17 Å². The van der Waals surface area contributed by atoms with E-state index in [2.05, 4.69) is 205 Å². The molecule has 0 spiro atoms. The van der Waals surface area contributed by atoms with Gasteiger partial charge in [0.25, 0.3) is 0 Å². The van der Waals surface area contributed by atoms with Crippen LogP contribution in [0.1, 0.15) is 25.0 Å². The molecule has 0 fully saturated rings. The van der Waals surface area contributed by atoms with Crippen LogP contribution in [0, 0.1) is 0 Å². The minimum Gasteiger partial charge on any atom is -0.311 e. The fourth-order valence-electron chi connectivity index (χ4n) is 8.18. The van der Waals surface area contributed by atoms with Crippen molar-refractivity contribution in [2.75, 3.05) is 4.90 Å². The van der Waals surface area contributed by atoms with E-state index in [1.54, 1.807) is 0 Å². The maximum Gasteiger partial charge on any atom is 0.104 e. The van der Waals surface area contributed by atoms with E-state index < -0.39 is 0 Å². The molecule has 0 bridgehead atoms. The second kappa shape index (κ2) is 12.0. The first kappa shape index (κ1) is 30.6. The van der Waals surface area contributed by atoms with Crippen molar-refractivity contribution in [2.24, 2.45) is 0 Å². The van der Waals surface area contributed by atoms with Crippen LogP contribution in [-0.2, 0) is 5.41 Å². The number of hydrogen-bond donors (Lipinski definition) is 0. The van der Waals surface area contributed by atoms with Gasteiger partial charge in [-0.3, -0.25) is 0 Å². The van der Waals surface area contributed by atoms with Gasteiger partial charge in [0.2, 0.25) is 0 Å². The van der Waals surface area contributed by atoms with Crippen molar-refractivity contribution in [3.05, 3.63) is 192 Å². The molecule has 7 aromatic carbocycles. The molecule has 0 atom stereocenters. The first-order valence-electron chi connectivity index (χ1n) is 17.9. The monoisotopic (exact) mass is 684 g/mol. The number of anilines is 3. The molecular formula is C49H36N2S. The van der Waals surface area contributed by atoms with E-state index in [9.17, 15) is 0 Å². The summed E-state index contributed by atoms with van der Waals surface area (Å²) in [5.74, 6) is 0. The summed E-state index contributed by atoms with van der Waals surface area (Å²) in [5.41, 5.74) is 16.0. The smallest absolute Gasteiger partial charge is 0.104 e. The predicted molar refractivity (Wildman–Crippen MR) is 222 cm³/mol. The number of aromatic nitrogens is 1. The maximum atomic E-state index is 2.50. The molecule has 3 heteroatoms. The Morgan fingerprint density at radius 1 is 0.442 bits per heavy atom. The fourth-order valence-corrected chi connectivity index (χ4v) is 9.25. The standard InChI is InChI=1S/C49H36N2S/c1-49(2)44-15-9-14-42-43-32-38(22-29-46(43)51(47(42)44)48-45(49)30-31-52-48)37-20-27-41(28-21-37)50(39-23-16-35(17-24-39)33-10-5-3-6-11-33)40-25-18-36(19-26-40)34-12-7-4-8-13-34/h3-32H,1-2H3. The molecule has 1 aliphatic heterocycles. The Hall–Kier alpha value is -6.16. The van der Waals surface area contributed by atoms with E-state index in [1.165, 1.54) is 71.3 Å². The van der Waals surface area contributed by atoms with Gasteiger partial charge in [0.05, 0.1) is 11.0 Å². The van der Waals surface area contributed by atoms with Crippen LogP contribution in [-0.4, -0.2) is 4.57 Å². The van der Waals surface area contributed by atoms with Gasteiger partial charge in [0.1, 0.15) is 5.00 Å². The van der Waals surface area contributed by atoms with Crippen molar-refractivity contribution in [3.8, 4) is 38.4 Å². The summed E-state index contributed by atoms with van der Waals surface area (Å²) >= 11 is 1.84. The largest absolute Gasteiger partial charge is 0.311 e. The Bertz CT molecular complexity index is 2630. The highest BCUT2D eigenvalue weighted by Crippen LogP contribution is 2.49. The summed E-state index contributed by atoms with van der Waals surface area (Å²) < 4.78 is 2.50. The number of rotatable bonds is 6. The highest BCUT2D eigenvalue weighted by atomic mass is 32.1. The van der Waals surface area contributed by atoms with Crippen molar-refractivity contribution in [1.29, 1.82) is 0 Å². The summed E-state index contributed by atoms with van der Waals surface area (Å²) in [6.45, 7) is 4.72. The fraction of sp³-hybridized carbons (Fsp3) is 0.0612. The minimum atomic E-state index is -0.0342. The van der Waals surface area contributed by atoms with E-state index >= 15 is 0 Å². The highest BCUT2D eigenvalue weighted by Gasteiger charge is 2.35. The number of fused-ring (bicyclic) bond motifs is 5. The molecule has 0 unspecified atom stereocenters. The SMILES string of the molecule is CC1(C)c2ccsc2-n2c3ccc(-c4ccc(N(c5ccc(-c6ccccc6)cc5)c5ccc(-c6ccccc6)cc5)cc4)cc3c3cccc1c32. The van der Waals surface area contributed by atoms with Crippen molar-refractivity contribution in [2.45, 2.75) is 19.3 Å². The lowest BCUT2D eigenvalue weighted by Gasteiger charge is -2.32. The summed E-state index contributed by atoms with van der Waals surface area (Å²) in [6.07, 6.45) is 0. The van der Waals surface area contributed by atoms with Crippen molar-refractivity contribution in [3.63, 3.8) is 0 Å². The molecule has 0 amide bonds. The van der Waals surface area contributed by atoms with E-state index in [0.717, 1.165) is 17.1 Å². The molecular weight excluding hydrogens is 649 g/mol. The van der Waals surface area contributed by atoms with Crippen LogP contribution in [0.3, 0.4) is 0 Å². The van der Waals surface area contributed by atoms with Crippen molar-refractivity contribution >= 4 is 50.2 Å². The van der Waals surface area contributed by atoms with Crippen LogP contribution in [0.15, 0.2) is 181 Å². The normalized spacial score (nSPS) is 13.0. The second-order valence-electron chi connectivity index (χ2n) is 14.2. The van der Waals surface area contributed by atoms with Crippen LogP contribution in [0.5, 0.6) is 0 Å². The molecule has 1 aliphatic rings. The molecule has 9 aromatic rings. The van der Waals surface area contributed by atoms with Crippen LogP contribution < -0.4 is 4.90 Å². The van der Waals surface area contributed by atoms with Crippen LogP contribution in [0.25, 0.3) is 60.2 Å². The zero-order valence-electron chi connectivity index (χ0n) is 29.1. The molecule has 3 heterocycles. The lowest BCUT2D eigenvalue weighted by Crippen LogP contribution is -2.24. The van der Waals surface area contributed by atoms with Gasteiger partial charge in [0.15, 0.2) is 0 Å². The first-order chi connectivity index (χ1) is 25.5. The van der Waals surface area contributed by atoms with Gasteiger partial charge in [-0.15, -0.1) is 11.3 Å². The van der Waals surface area contributed by atoms with Crippen LogP contribution >= 0.6 is 11.3 Å². The first-order valence-corrected chi connectivity index (χ1v) is 18.8. The number of benzene rings is 7. The van der Waals surface area contributed by atoms with Gasteiger partial charge >= 0.3 is 0 Å². The minimum absolute atomic E-state index is 0.0342. The Morgan fingerprint density at radius 2 is 0.942 bits per heavy atom. The lowest BCUT2D eigenvalue weighted by molar-refractivity contribution is 0.635. The van der Waals surface area contributed by atoms with E-state index in [1.807, 2.05) is 11.3 Å². The molecule has 248 valence electrons. The Labute approximate surface area is 308 Å². The molecule has 2 aromatic heterocycles. The Kier molecular flexibility index (Phi) is 7.06. The summed E-state index contributed by atoms with van der Waals surface area (Å²) in [4.78, 5) is 2.35. The number of thiophene rings is 1. The van der Waals surface area contributed by atoms with Gasteiger partial charge in [-0.2, -0.15) is 0 Å². The molecule has 0 radical (unpaired) electrons. The number of hydrogen-bond acceptors (Lipinski definition) is 2. The van der Waals surface area contributed by atoms with E-state index in [4.69, 9.17) is 0 Å². The maximum absolute atomic E-state index is 2.50.